The van der Waals surface area contributed by atoms with E-state index in [1.54, 1.807) is 6.07 Å². The van der Waals surface area contributed by atoms with Gasteiger partial charge in [-0.05, 0) is 30.0 Å². The molecule has 1 heterocycles. The van der Waals surface area contributed by atoms with Crippen molar-refractivity contribution < 1.29 is 22.4 Å². The molecular weight excluding hydrogens is 431 g/mol. The molecule has 176 valence electrons. The van der Waals surface area contributed by atoms with Gasteiger partial charge in [-0.2, -0.15) is 13.2 Å². The van der Waals surface area contributed by atoms with E-state index in [1.165, 1.54) is 12.3 Å². The number of aromatic nitrogens is 1. The molecule has 0 fully saturated rings. The number of hydrogen-bond donors (Lipinski definition) is 1. The van der Waals surface area contributed by atoms with E-state index in [9.17, 15) is 18.0 Å². The third-order valence-electron chi connectivity index (χ3n) is 5.26. The highest BCUT2D eigenvalue weighted by Gasteiger charge is 2.30. The second kappa shape index (κ2) is 10.7. The fraction of sp³-hybridized carbons (Fsp3) is 0.360. The molecule has 1 amide bonds. The first-order valence-corrected chi connectivity index (χ1v) is 10.8. The van der Waals surface area contributed by atoms with Crippen LogP contribution >= 0.6 is 0 Å². The minimum Gasteiger partial charge on any atom is -0.447 e. The van der Waals surface area contributed by atoms with E-state index in [1.807, 2.05) is 56.0 Å². The normalized spacial score (nSPS) is 12.8. The Kier molecular flexibility index (Phi) is 7.92. The number of hydrogen-bond acceptors (Lipinski definition) is 4. The van der Waals surface area contributed by atoms with Gasteiger partial charge in [0.1, 0.15) is 6.26 Å². The quantitative estimate of drug-likeness (QED) is 0.437. The molecule has 0 spiro atoms. The smallest absolute Gasteiger partial charge is 0.416 e. The predicted molar refractivity (Wildman–Crippen MR) is 119 cm³/mol. The van der Waals surface area contributed by atoms with Gasteiger partial charge in [0.05, 0.1) is 12.1 Å². The van der Waals surface area contributed by atoms with Crippen LogP contribution < -0.4 is 5.32 Å². The summed E-state index contributed by atoms with van der Waals surface area (Å²) in [5, 5.41) is 2.79. The van der Waals surface area contributed by atoms with E-state index in [4.69, 9.17) is 4.42 Å². The lowest BCUT2D eigenvalue weighted by Gasteiger charge is -2.28. The van der Waals surface area contributed by atoms with E-state index in [0.717, 1.165) is 17.7 Å². The van der Waals surface area contributed by atoms with Crippen LogP contribution in [0.25, 0.3) is 0 Å². The van der Waals surface area contributed by atoms with Crippen molar-refractivity contribution in [2.24, 2.45) is 5.92 Å². The number of rotatable bonds is 9. The lowest BCUT2D eigenvalue weighted by molar-refractivity contribution is -0.137. The number of amides is 1. The highest BCUT2D eigenvalue weighted by atomic mass is 19.4. The van der Waals surface area contributed by atoms with Gasteiger partial charge in [0.15, 0.2) is 5.69 Å². The van der Waals surface area contributed by atoms with Crippen molar-refractivity contribution in [3.05, 3.63) is 89.1 Å². The van der Waals surface area contributed by atoms with Crippen molar-refractivity contribution in [1.29, 1.82) is 0 Å². The Morgan fingerprint density at radius 2 is 1.79 bits per heavy atom. The maximum atomic E-state index is 13.2. The SMILES string of the molecule is CC(C)CNC(=O)c1coc(CN(Cc2cccc(C(F)(F)F)c2)[C@H](C)c2ccccc2)n1. The summed E-state index contributed by atoms with van der Waals surface area (Å²) in [7, 11) is 0. The summed E-state index contributed by atoms with van der Waals surface area (Å²) in [6.45, 7) is 6.95. The third kappa shape index (κ3) is 6.92. The van der Waals surface area contributed by atoms with Gasteiger partial charge >= 0.3 is 6.18 Å². The van der Waals surface area contributed by atoms with Crippen LogP contribution in [-0.2, 0) is 19.3 Å². The molecule has 2 aromatic carbocycles. The molecule has 0 unspecified atom stereocenters. The van der Waals surface area contributed by atoms with Crippen LogP contribution in [-0.4, -0.2) is 22.3 Å². The van der Waals surface area contributed by atoms with Crippen molar-refractivity contribution >= 4 is 5.91 Å². The second-order valence-corrected chi connectivity index (χ2v) is 8.42. The van der Waals surface area contributed by atoms with Crippen LogP contribution in [0.2, 0.25) is 0 Å². The van der Waals surface area contributed by atoms with Crippen molar-refractivity contribution in [2.45, 2.75) is 46.1 Å². The van der Waals surface area contributed by atoms with Gasteiger partial charge < -0.3 is 9.73 Å². The first-order chi connectivity index (χ1) is 15.6. The van der Waals surface area contributed by atoms with Crippen LogP contribution in [0.3, 0.4) is 0 Å². The van der Waals surface area contributed by atoms with E-state index < -0.39 is 11.7 Å². The number of nitrogens with one attached hydrogen (secondary N) is 1. The summed E-state index contributed by atoms with van der Waals surface area (Å²) in [6.07, 6.45) is -3.10. The molecule has 5 nitrogen and oxygen atoms in total. The summed E-state index contributed by atoms with van der Waals surface area (Å²) in [5.74, 6) is 0.300. The van der Waals surface area contributed by atoms with E-state index in [2.05, 4.69) is 10.3 Å². The van der Waals surface area contributed by atoms with Crippen molar-refractivity contribution in [3.63, 3.8) is 0 Å². The molecule has 0 aliphatic rings. The fourth-order valence-electron chi connectivity index (χ4n) is 3.40. The molecule has 0 radical (unpaired) electrons. The molecular formula is C25H28F3N3O2. The minimum atomic E-state index is -4.41. The van der Waals surface area contributed by atoms with Gasteiger partial charge in [-0.15, -0.1) is 0 Å². The summed E-state index contributed by atoms with van der Waals surface area (Å²) < 4.78 is 45.1. The number of benzene rings is 2. The van der Waals surface area contributed by atoms with Gasteiger partial charge in [0.25, 0.3) is 5.91 Å². The average Bonchev–Trinajstić information content (AvgIpc) is 3.25. The standard InChI is InChI=1S/C25H28F3N3O2/c1-17(2)13-29-24(32)22-16-33-23(30-22)15-31(18(3)20-9-5-4-6-10-20)14-19-8-7-11-21(12-19)25(26,27)28/h4-12,16-18H,13-15H2,1-3H3,(H,29,32)/t18-/m1/s1. The van der Waals surface area contributed by atoms with E-state index in [-0.39, 0.29) is 30.7 Å². The zero-order valence-electron chi connectivity index (χ0n) is 18.9. The molecule has 0 aliphatic heterocycles. The lowest BCUT2D eigenvalue weighted by Crippen LogP contribution is -2.28. The number of carbonyl (C=O) groups excluding carboxylic acids is 1. The Morgan fingerprint density at radius 1 is 1.06 bits per heavy atom. The molecule has 8 heteroatoms. The molecule has 1 atom stereocenters. The van der Waals surface area contributed by atoms with Crippen LogP contribution in [0, 0.1) is 5.92 Å². The molecule has 0 bridgehead atoms. The highest BCUT2D eigenvalue weighted by Crippen LogP contribution is 2.31. The number of oxazole rings is 1. The summed E-state index contributed by atoms with van der Waals surface area (Å²) in [5.41, 5.74) is 1.02. The first-order valence-electron chi connectivity index (χ1n) is 10.8. The molecule has 33 heavy (non-hydrogen) atoms. The van der Waals surface area contributed by atoms with Crippen LogP contribution in [0.5, 0.6) is 0 Å². The Morgan fingerprint density at radius 3 is 2.45 bits per heavy atom. The zero-order valence-corrected chi connectivity index (χ0v) is 18.9. The molecule has 1 N–H and O–H groups in total. The maximum Gasteiger partial charge on any atom is 0.416 e. The monoisotopic (exact) mass is 459 g/mol. The van der Waals surface area contributed by atoms with E-state index >= 15 is 0 Å². The second-order valence-electron chi connectivity index (χ2n) is 8.42. The van der Waals surface area contributed by atoms with Gasteiger partial charge in [-0.1, -0.05) is 62.4 Å². The van der Waals surface area contributed by atoms with Crippen LogP contribution in [0.4, 0.5) is 13.2 Å². The first kappa shape index (κ1) is 24.5. The van der Waals surface area contributed by atoms with E-state index in [0.29, 0.717) is 23.9 Å². The number of alkyl halides is 3. The average molecular weight is 460 g/mol. The number of nitrogens with zero attached hydrogens (tertiary/aromatic N) is 2. The van der Waals surface area contributed by atoms with Crippen molar-refractivity contribution in [3.8, 4) is 0 Å². The van der Waals surface area contributed by atoms with Crippen molar-refractivity contribution in [1.82, 2.24) is 15.2 Å². The minimum absolute atomic E-state index is 0.133. The molecule has 3 rings (SSSR count). The fourth-order valence-corrected chi connectivity index (χ4v) is 3.40. The Bertz CT molecular complexity index is 1050. The largest absolute Gasteiger partial charge is 0.447 e. The molecule has 1 aromatic heterocycles. The molecule has 3 aromatic rings. The Labute approximate surface area is 191 Å². The number of halogens is 3. The number of carbonyl (C=O) groups is 1. The lowest BCUT2D eigenvalue weighted by atomic mass is 10.0. The third-order valence-corrected chi connectivity index (χ3v) is 5.26. The van der Waals surface area contributed by atoms with Gasteiger partial charge in [0.2, 0.25) is 5.89 Å². The highest BCUT2D eigenvalue weighted by molar-refractivity contribution is 5.91. The van der Waals surface area contributed by atoms with Gasteiger partial charge in [-0.3, -0.25) is 9.69 Å². The van der Waals surface area contributed by atoms with Gasteiger partial charge in [0, 0.05) is 19.1 Å². The maximum absolute atomic E-state index is 13.2. The molecule has 0 aliphatic carbocycles. The van der Waals surface area contributed by atoms with Crippen molar-refractivity contribution in [2.75, 3.05) is 6.54 Å². The van der Waals surface area contributed by atoms with Gasteiger partial charge in [-0.25, -0.2) is 4.98 Å². The molecule has 0 saturated heterocycles. The topological polar surface area (TPSA) is 58.4 Å². The van der Waals surface area contributed by atoms with Crippen LogP contribution in [0.15, 0.2) is 65.3 Å². The Hall–Kier alpha value is -3.13. The summed E-state index contributed by atoms with van der Waals surface area (Å²) in [6, 6.07) is 14.8. The van der Waals surface area contributed by atoms with Crippen LogP contribution in [0.1, 0.15) is 59.9 Å². The molecule has 0 saturated carbocycles. The summed E-state index contributed by atoms with van der Waals surface area (Å²) >= 11 is 0. The Balaban J connectivity index is 1.82. The zero-order chi connectivity index (χ0) is 24.0. The predicted octanol–water partition coefficient (Wildman–Crippen LogP) is 5.84. The summed E-state index contributed by atoms with van der Waals surface area (Å²) in [4.78, 5) is 18.5.